The average molecular weight is 1060 g/mol. The molecule has 0 aliphatic heterocycles. The smallest absolute Gasteiger partial charge is 0.457 e. The highest BCUT2D eigenvalue weighted by molar-refractivity contribution is 7.47. The molecule has 1 saturated carbocycles. The lowest BCUT2D eigenvalue weighted by atomic mass is 9.85. The fourth-order valence-electron chi connectivity index (χ4n) is 5.84. The minimum atomic E-state index is -5.56. The minimum Gasteiger partial charge on any atom is -0.457 e. The third-order valence-electron chi connectivity index (χ3n) is 8.95. The minimum absolute atomic E-state index is 0. The van der Waals surface area contributed by atoms with E-state index in [0.717, 1.165) is 32.1 Å². The van der Waals surface area contributed by atoms with Crippen molar-refractivity contribution < 1.29 is 114 Å². The Bertz CT molecular complexity index is 2200. The van der Waals surface area contributed by atoms with Gasteiger partial charge in [0.25, 0.3) is 0 Å². The Labute approximate surface area is 423 Å². The SMILES string of the molecule is CC#CC#CC#CC#CC#CC#CC#CNC(=O)CCC.CCCCCCCCCCCCCCCC(=O)O[C@H](COCO)COP(=O)(O)OC1C(O)[C@H](O)[C@H](OP(=O)(O)O)C(OP(=O)(O)O)[C@@H]1O.[HH].[HH].[HH].[HH].[HH].[HH].[HH].[HH].[HH].[HH].[HH].[HH].[HH]. The Morgan fingerprint density at radius 3 is 1.45 bits per heavy atom. The highest BCUT2D eigenvalue weighted by Gasteiger charge is 2.56. The molecule has 21 nitrogen and oxygen atoms in total. The van der Waals surface area contributed by atoms with Gasteiger partial charge in [0.05, 0.1) is 13.2 Å². The molecule has 0 spiro atoms. The van der Waals surface area contributed by atoms with Crippen molar-refractivity contribution in [3.05, 3.63) is 0 Å². The van der Waals surface area contributed by atoms with E-state index in [-0.39, 0.29) is 30.9 Å². The van der Waals surface area contributed by atoms with E-state index in [9.17, 15) is 43.5 Å². The molecule has 0 radical (unpaired) electrons. The standard InChI is InChI=1S/C26H53O19P3.C19H11NO.13H2/c1-2-3-4-5-6-7-8-9-10-11-12-13-14-15-20(28)42-19(16-40-18-27)17-41-48(38,39)45-24-21(29)22(30)25(43-46(32,33)34)26(23(24)31)44-47(35,36)37;1-3-5-6-7-8-9-10-11-12-13-14-15-16-18-20-19(21)17-4-2;;;;;;;;;;;;;/h19,21-27,29-31H,2-18H2,1H3,(H,38,39)(H2,32,33,34)(H2,35,36,37);4,17H2,1-2H3,(H,20,21);13*1H/t19-,21?,22+,23-,24?,25+,26?;;;;;;;;;;;;;;/m1............../s1. The molecule has 0 aromatic carbocycles. The first-order valence-electron chi connectivity index (χ1n) is 22.0. The van der Waals surface area contributed by atoms with Gasteiger partial charge in [0.1, 0.15) is 49.5 Å². The Morgan fingerprint density at radius 1 is 0.565 bits per heavy atom. The molecule has 1 rings (SSSR count). The second-order valence-electron chi connectivity index (χ2n) is 14.7. The number of rotatable bonds is 29. The summed E-state index contributed by atoms with van der Waals surface area (Å²) in [5, 5.41) is 42.6. The largest absolute Gasteiger partial charge is 0.472 e. The molecular weight excluding hydrogens is 967 g/mol. The van der Waals surface area contributed by atoms with Crippen LogP contribution in [0.25, 0.3) is 0 Å². The van der Waals surface area contributed by atoms with E-state index in [2.05, 4.69) is 104 Å². The maximum atomic E-state index is 12.7. The Balaban J connectivity index is -0.0000000986. The molecule has 10 N–H and O–H groups in total. The van der Waals surface area contributed by atoms with Gasteiger partial charge in [-0.2, -0.15) is 0 Å². The van der Waals surface area contributed by atoms with Crippen LogP contribution < -0.4 is 5.32 Å². The molecule has 1 amide bonds. The fourth-order valence-corrected chi connectivity index (χ4v) is 7.94. The zero-order valence-electron chi connectivity index (χ0n) is 38.8. The predicted octanol–water partition coefficient (Wildman–Crippen LogP) is 6.00. The zero-order valence-corrected chi connectivity index (χ0v) is 41.5. The number of nitrogens with one attached hydrogen (secondary N) is 1. The number of aliphatic hydroxyl groups excluding tert-OH is 4. The number of phosphoric acid groups is 3. The predicted molar refractivity (Wildman–Crippen MR) is 276 cm³/mol. The van der Waals surface area contributed by atoms with Crippen LogP contribution in [0, 0.1) is 83.0 Å². The molecule has 0 heterocycles. The summed E-state index contributed by atoms with van der Waals surface area (Å²) in [6.07, 6.45) is -0.454. The Hall–Kier alpha value is -4.01. The average Bonchev–Trinajstić information content (AvgIpc) is 3.27. The van der Waals surface area contributed by atoms with Crippen LogP contribution in [-0.2, 0) is 50.9 Å². The normalized spacial score (nSPS) is 19.4. The van der Waals surface area contributed by atoms with Crippen molar-refractivity contribution in [3.8, 4) is 83.0 Å². The number of aliphatic hydroxyl groups is 4. The van der Waals surface area contributed by atoms with Gasteiger partial charge in [0.2, 0.25) is 5.91 Å². The molecule has 410 valence electrons. The molecule has 0 saturated heterocycles. The second kappa shape index (κ2) is 38.7. The van der Waals surface area contributed by atoms with Gasteiger partial charge in [0.15, 0.2) is 0 Å². The van der Waals surface area contributed by atoms with E-state index in [1.165, 1.54) is 51.4 Å². The van der Waals surface area contributed by atoms with Gasteiger partial charge in [-0.15, -0.1) is 0 Å². The lowest BCUT2D eigenvalue weighted by Gasteiger charge is -2.44. The van der Waals surface area contributed by atoms with Crippen molar-refractivity contribution >= 4 is 35.3 Å². The summed E-state index contributed by atoms with van der Waals surface area (Å²) in [6.45, 7) is 3.67. The van der Waals surface area contributed by atoms with Crippen molar-refractivity contribution in [3.63, 3.8) is 0 Å². The van der Waals surface area contributed by atoms with Crippen LogP contribution >= 0.6 is 23.5 Å². The molecule has 0 aromatic rings. The number of hydrogen-bond acceptors (Lipinski definition) is 15. The number of hydrogen-bond donors (Lipinski definition) is 10. The van der Waals surface area contributed by atoms with Crippen LogP contribution in [0.4, 0.5) is 0 Å². The quantitative estimate of drug-likeness (QED) is 0.0102. The van der Waals surface area contributed by atoms with Crippen LogP contribution in [-0.4, -0.2) is 120 Å². The monoisotopic (exact) mass is 1060 g/mol. The molecule has 1 fully saturated rings. The Morgan fingerprint density at radius 2 is 1.00 bits per heavy atom. The molecule has 8 atom stereocenters. The summed E-state index contributed by atoms with van der Waals surface area (Å²) in [5.74, 6) is 31.8. The summed E-state index contributed by atoms with van der Waals surface area (Å²) >= 11 is 0. The van der Waals surface area contributed by atoms with E-state index in [1.54, 1.807) is 6.92 Å². The highest BCUT2D eigenvalue weighted by Crippen LogP contribution is 2.51. The van der Waals surface area contributed by atoms with E-state index in [4.69, 9.17) is 43.2 Å². The number of unbranched alkanes of at least 4 members (excludes halogenated alkanes) is 12. The first-order valence-corrected chi connectivity index (χ1v) is 26.5. The van der Waals surface area contributed by atoms with Crippen molar-refractivity contribution in [2.75, 3.05) is 20.0 Å². The molecule has 24 heteroatoms. The van der Waals surface area contributed by atoms with Crippen molar-refractivity contribution in [1.29, 1.82) is 0 Å². The highest BCUT2D eigenvalue weighted by atomic mass is 31.2. The van der Waals surface area contributed by atoms with Crippen molar-refractivity contribution in [1.82, 2.24) is 5.32 Å². The van der Waals surface area contributed by atoms with Crippen LogP contribution in [0.5, 0.6) is 0 Å². The van der Waals surface area contributed by atoms with Crippen LogP contribution in [0.15, 0.2) is 0 Å². The van der Waals surface area contributed by atoms with E-state index in [1.807, 2.05) is 6.92 Å². The maximum absolute atomic E-state index is 12.7. The summed E-state index contributed by atoms with van der Waals surface area (Å²) in [6, 6.07) is 2.43. The number of esters is 1. The number of ether oxygens (including phenoxy) is 2. The van der Waals surface area contributed by atoms with Gasteiger partial charge in [-0.05, 0) is 55.3 Å². The lowest BCUT2D eigenvalue weighted by Crippen LogP contribution is -2.65. The van der Waals surface area contributed by atoms with Gasteiger partial charge in [-0.1, -0.05) is 96.8 Å². The van der Waals surface area contributed by atoms with Crippen LogP contribution in [0.2, 0.25) is 0 Å². The number of carbonyl (C=O) groups excluding carboxylic acids is 2. The second-order valence-corrected chi connectivity index (χ2v) is 18.5. The Kier molecular flexibility index (Phi) is 36.5. The fraction of sp³-hybridized carbons (Fsp3) is 0.644. The summed E-state index contributed by atoms with van der Waals surface area (Å²) in [4.78, 5) is 70.1. The third kappa shape index (κ3) is 35.7. The lowest BCUT2D eigenvalue weighted by molar-refractivity contribution is -0.213. The van der Waals surface area contributed by atoms with E-state index < -0.39 is 92.2 Å². The molecule has 1 aliphatic carbocycles. The van der Waals surface area contributed by atoms with Gasteiger partial charge >= 0.3 is 29.4 Å². The first kappa shape index (κ1) is 65.0. The number of carbonyl (C=O) groups is 2. The molecule has 0 aromatic heterocycles. The molecule has 0 bridgehead atoms. The molecule has 1 aliphatic rings. The van der Waals surface area contributed by atoms with Crippen LogP contribution in [0.3, 0.4) is 0 Å². The first-order chi connectivity index (χ1) is 32.7. The molecule has 4 unspecified atom stereocenters. The third-order valence-corrected chi connectivity index (χ3v) is 11.0. The summed E-state index contributed by atoms with van der Waals surface area (Å²) < 4.78 is 63.4. The number of amides is 1. The van der Waals surface area contributed by atoms with Gasteiger partial charge in [-0.3, -0.25) is 33.0 Å². The summed E-state index contributed by atoms with van der Waals surface area (Å²) in [7, 11) is -16.4. The van der Waals surface area contributed by atoms with Crippen molar-refractivity contribution in [2.24, 2.45) is 0 Å². The van der Waals surface area contributed by atoms with Gasteiger partial charge in [-0.25, -0.2) is 13.7 Å². The number of phosphoric ester groups is 3. The van der Waals surface area contributed by atoms with E-state index in [0.29, 0.717) is 12.8 Å². The van der Waals surface area contributed by atoms with Gasteiger partial charge in [0, 0.05) is 73.0 Å². The molecular formula is C45H90NO20P3. The van der Waals surface area contributed by atoms with Crippen molar-refractivity contribution in [2.45, 2.75) is 166 Å². The summed E-state index contributed by atoms with van der Waals surface area (Å²) in [5.41, 5.74) is 0. The topological polar surface area (TPSA) is 335 Å². The maximum Gasteiger partial charge on any atom is 0.472 e. The van der Waals surface area contributed by atoms with E-state index >= 15 is 0 Å². The molecule has 69 heavy (non-hydrogen) atoms. The zero-order chi connectivity index (χ0) is 52.0. The van der Waals surface area contributed by atoms with Crippen LogP contribution in [0.1, 0.15) is 142 Å². The van der Waals surface area contributed by atoms with Gasteiger partial charge < -0.3 is 54.4 Å².